The van der Waals surface area contributed by atoms with Gasteiger partial charge in [-0.2, -0.15) is 19.6 Å². The second kappa shape index (κ2) is 7.16. The molecule has 0 aliphatic carbocycles. The molecule has 3 aromatic heterocycles. The lowest BCUT2D eigenvalue weighted by molar-refractivity contribution is 0.332. The molecule has 1 fully saturated rings. The van der Waals surface area contributed by atoms with Gasteiger partial charge in [-0.15, -0.1) is 0 Å². The van der Waals surface area contributed by atoms with E-state index >= 15 is 0 Å². The first-order chi connectivity index (χ1) is 14.2. The van der Waals surface area contributed by atoms with Crippen molar-refractivity contribution in [3.63, 3.8) is 0 Å². The Morgan fingerprint density at radius 3 is 2.79 bits per heavy atom. The zero-order valence-electron chi connectivity index (χ0n) is 16.4. The van der Waals surface area contributed by atoms with Crippen molar-refractivity contribution >= 4 is 17.5 Å². The summed E-state index contributed by atoms with van der Waals surface area (Å²) in [5.74, 6) is 3.04. The van der Waals surface area contributed by atoms with E-state index in [4.69, 9.17) is 4.52 Å². The minimum atomic E-state index is 0.178. The fourth-order valence-corrected chi connectivity index (χ4v) is 3.74. The first kappa shape index (κ1) is 17.6. The summed E-state index contributed by atoms with van der Waals surface area (Å²) in [6.07, 6.45) is 3.59. The number of aromatic nitrogens is 6. The molecule has 0 N–H and O–H groups in total. The quantitative estimate of drug-likeness (QED) is 0.525. The van der Waals surface area contributed by atoms with E-state index in [0.29, 0.717) is 17.6 Å². The van der Waals surface area contributed by atoms with E-state index in [1.807, 2.05) is 37.2 Å². The molecule has 5 rings (SSSR count). The normalized spacial score (nSPS) is 17.0. The molecule has 1 saturated heterocycles. The van der Waals surface area contributed by atoms with Gasteiger partial charge in [-0.25, -0.2) is 4.98 Å². The van der Waals surface area contributed by atoms with Crippen molar-refractivity contribution in [1.82, 2.24) is 29.7 Å². The van der Waals surface area contributed by atoms with Gasteiger partial charge >= 0.3 is 0 Å². The van der Waals surface area contributed by atoms with E-state index in [0.717, 1.165) is 43.0 Å². The number of fused-ring (bicyclic) bond motifs is 1. The van der Waals surface area contributed by atoms with E-state index in [9.17, 15) is 0 Å². The van der Waals surface area contributed by atoms with Crippen LogP contribution < -0.4 is 9.80 Å². The van der Waals surface area contributed by atoms with Crippen LogP contribution in [0.15, 0.2) is 47.2 Å². The molecule has 1 aliphatic heterocycles. The molecule has 4 heterocycles. The summed E-state index contributed by atoms with van der Waals surface area (Å²) in [7, 11) is 3.82. The smallest absolute Gasteiger partial charge is 0.265 e. The van der Waals surface area contributed by atoms with E-state index < -0.39 is 0 Å². The van der Waals surface area contributed by atoms with Gasteiger partial charge in [-0.1, -0.05) is 30.3 Å². The van der Waals surface area contributed by atoms with Crippen molar-refractivity contribution in [1.29, 1.82) is 0 Å². The molecule has 0 bridgehead atoms. The highest BCUT2D eigenvalue weighted by molar-refractivity contribution is 5.65. The largest absolute Gasteiger partial charge is 0.356 e. The maximum absolute atomic E-state index is 5.54. The van der Waals surface area contributed by atoms with Gasteiger partial charge in [0.15, 0.2) is 0 Å². The number of benzene rings is 1. The Morgan fingerprint density at radius 1 is 1.14 bits per heavy atom. The first-order valence-electron chi connectivity index (χ1n) is 9.71. The number of piperidine rings is 1. The topological polar surface area (TPSA) is 88.5 Å². The summed E-state index contributed by atoms with van der Waals surface area (Å²) >= 11 is 0. The Kier molecular flexibility index (Phi) is 4.34. The minimum absolute atomic E-state index is 0.178. The lowest BCUT2D eigenvalue weighted by atomic mass is 9.98. The van der Waals surface area contributed by atoms with Gasteiger partial charge in [0.1, 0.15) is 12.1 Å². The van der Waals surface area contributed by atoms with Crippen LogP contribution in [0.1, 0.15) is 24.7 Å². The third-order valence-corrected chi connectivity index (χ3v) is 5.23. The fourth-order valence-electron chi connectivity index (χ4n) is 3.74. The van der Waals surface area contributed by atoms with Crippen LogP contribution in [0.2, 0.25) is 0 Å². The average molecular weight is 390 g/mol. The molecule has 1 aliphatic rings. The predicted octanol–water partition coefficient (Wildman–Crippen LogP) is 2.62. The van der Waals surface area contributed by atoms with Gasteiger partial charge < -0.3 is 14.3 Å². The van der Waals surface area contributed by atoms with Crippen molar-refractivity contribution in [2.75, 3.05) is 37.0 Å². The van der Waals surface area contributed by atoms with Crippen LogP contribution in [-0.4, -0.2) is 56.9 Å². The molecule has 29 heavy (non-hydrogen) atoms. The molecule has 4 aromatic rings. The van der Waals surface area contributed by atoms with Gasteiger partial charge in [0, 0.05) is 38.8 Å². The number of hydrogen-bond acceptors (Lipinski definition) is 8. The lowest BCUT2D eigenvalue weighted by Gasteiger charge is -2.32. The van der Waals surface area contributed by atoms with Crippen molar-refractivity contribution in [2.24, 2.45) is 0 Å². The van der Waals surface area contributed by atoms with E-state index in [1.165, 1.54) is 0 Å². The van der Waals surface area contributed by atoms with E-state index in [1.54, 1.807) is 10.8 Å². The van der Waals surface area contributed by atoms with Crippen LogP contribution in [-0.2, 0) is 0 Å². The van der Waals surface area contributed by atoms with Gasteiger partial charge in [-0.05, 0) is 18.0 Å². The highest BCUT2D eigenvalue weighted by Crippen LogP contribution is 2.31. The van der Waals surface area contributed by atoms with Crippen LogP contribution in [0.25, 0.3) is 17.0 Å². The highest BCUT2D eigenvalue weighted by Gasteiger charge is 2.28. The van der Waals surface area contributed by atoms with Crippen molar-refractivity contribution < 1.29 is 4.52 Å². The number of hydrogen-bond donors (Lipinski definition) is 0. The van der Waals surface area contributed by atoms with Crippen LogP contribution in [0.4, 0.5) is 11.8 Å². The molecule has 148 valence electrons. The Bertz CT molecular complexity index is 1120. The third-order valence-electron chi connectivity index (χ3n) is 5.23. The molecule has 1 unspecified atom stereocenters. The lowest BCUT2D eigenvalue weighted by Crippen LogP contribution is -2.36. The van der Waals surface area contributed by atoms with Gasteiger partial charge in [0.25, 0.3) is 11.7 Å². The summed E-state index contributed by atoms with van der Waals surface area (Å²) in [5.41, 5.74) is 1.94. The summed E-state index contributed by atoms with van der Waals surface area (Å²) in [4.78, 5) is 17.7. The van der Waals surface area contributed by atoms with Crippen LogP contribution in [0.5, 0.6) is 0 Å². The highest BCUT2D eigenvalue weighted by atomic mass is 16.5. The standard InChI is InChI=1S/C20H22N8O/c1-26(2)20-24-18(29-25-20)15-9-6-10-27(12-15)17-11-16(14-7-4-3-5-8-14)23-19-21-13-22-28(17)19/h3-5,7-8,11,13,15H,6,9-10,12H2,1-2H3. The Balaban J connectivity index is 1.50. The number of rotatable bonds is 4. The summed E-state index contributed by atoms with van der Waals surface area (Å²) in [6, 6.07) is 12.2. The molecule has 1 atom stereocenters. The van der Waals surface area contributed by atoms with E-state index in [2.05, 4.69) is 48.3 Å². The molecular weight excluding hydrogens is 368 g/mol. The Labute approximate surface area is 168 Å². The third kappa shape index (κ3) is 3.28. The van der Waals surface area contributed by atoms with E-state index in [-0.39, 0.29) is 5.92 Å². The maximum atomic E-state index is 5.54. The Morgan fingerprint density at radius 2 is 2.00 bits per heavy atom. The van der Waals surface area contributed by atoms with Gasteiger partial charge in [-0.3, -0.25) is 0 Å². The zero-order chi connectivity index (χ0) is 19.8. The van der Waals surface area contributed by atoms with Crippen molar-refractivity contribution in [2.45, 2.75) is 18.8 Å². The second-order valence-corrected chi connectivity index (χ2v) is 7.45. The molecule has 1 aromatic carbocycles. The van der Waals surface area contributed by atoms with Gasteiger partial charge in [0.05, 0.1) is 11.6 Å². The Hall–Kier alpha value is -3.49. The number of anilines is 2. The molecule has 0 spiro atoms. The average Bonchev–Trinajstić information content (AvgIpc) is 3.43. The van der Waals surface area contributed by atoms with Crippen LogP contribution in [0, 0.1) is 0 Å². The maximum Gasteiger partial charge on any atom is 0.265 e. The summed E-state index contributed by atoms with van der Waals surface area (Å²) in [5, 5.41) is 8.46. The molecule has 0 radical (unpaired) electrons. The summed E-state index contributed by atoms with van der Waals surface area (Å²) in [6.45, 7) is 1.71. The molecular formula is C20H22N8O. The monoisotopic (exact) mass is 390 g/mol. The van der Waals surface area contributed by atoms with Crippen LogP contribution in [0.3, 0.4) is 0 Å². The van der Waals surface area contributed by atoms with Crippen molar-refractivity contribution in [3.05, 3.63) is 48.6 Å². The molecule has 0 saturated carbocycles. The predicted molar refractivity (Wildman–Crippen MR) is 109 cm³/mol. The second-order valence-electron chi connectivity index (χ2n) is 7.45. The molecule has 9 heteroatoms. The van der Waals surface area contributed by atoms with Crippen LogP contribution >= 0.6 is 0 Å². The van der Waals surface area contributed by atoms with Crippen molar-refractivity contribution in [3.8, 4) is 11.3 Å². The van der Waals surface area contributed by atoms with Gasteiger partial charge in [0.2, 0.25) is 5.89 Å². The fraction of sp³-hybridized carbons (Fsp3) is 0.350. The minimum Gasteiger partial charge on any atom is -0.356 e. The first-order valence-corrected chi connectivity index (χ1v) is 9.71. The molecule has 0 amide bonds. The molecule has 9 nitrogen and oxygen atoms in total. The summed E-state index contributed by atoms with van der Waals surface area (Å²) < 4.78 is 7.34. The number of nitrogens with zero attached hydrogens (tertiary/aromatic N) is 8. The zero-order valence-corrected chi connectivity index (χ0v) is 16.4. The SMILES string of the molecule is CN(C)c1noc(C2CCCN(c3cc(-c4ccccc4)nc4ncnn34)C2)n1.